The third-order valence-corrected chi connectivity index (χ3v) is 7.83. The highest BCUT2D eigenvalue weighted by Gasteiger charge is 2.60. The van der Waals surface area contributed by atoms with Crippen LogP contribution < -0.4 is 10.6 Å². The molecule has 0 aliphatic heterocycles. The van der Waals surface area contributed by atoms with E-state index < -0.39 is 0 Å². The van der Waals surface area contributed by atoms with Gasteiger partial charge in [-0.05, 0) is 74.6 Å². The second kappa shape index (κ2) is 8.33. The molecule has 2 amide bonds. The van der Waals surface area contributed by atoms with E-state index in [4.69, 9.17) is 0 Å². The molecule has 0 aromatic heterocycles. The third-order valence-electron chi connectivity index (χ3n) is 7.83. The van der Waals surface area contributed by atoms with Crippen molar-refractivity contribution in [2.75, 3.05) is 13.1 Å². The molecule has 164 valence electrons. The summed E-state index contributed by atoms with van der Waals surface area (Å²) in [7, 11) is 0. The molecule has 0 radical (unpaired) electrons. The molecule has 2 unspecified atom stereocenters. The van der Waals surface area contributed by atoms with Crippen LogP contribution in [0.15, 0.2) is 24.3 Å². The molecule has 5 rings (SSSR count). The summed E-state index contributed by atoms with van der Waals surface area (Å²) in [6.07, 6.45) is 6.09. The van der Waals surface area contributed by atoms with Crippen LogP contribution in [0.4, 0.5) is 0 Å². The van der Waals surface area contributed by atoms with E-state index in [0.717, 1.165) is 51.7 Å². The summed E-state index contributed by atoms with van der Waals surface area (Å²) in [6, 6.07) is 8.46. The van der Waals surface area contributed by atoms with Crippen LogP contribution in [0.3, 0.4) is 0 Å². The Morgan fingerprint density at radius 1 is 1.03 bits per heavy atom. The average molecular weight is 412 g/mol. The van der Waals surface area contributed by atoms with Crippen LogP contribution in [-0.4, -0.2) is 35.3 Å². The van der Waals surface area contributed by atoms with E-state index in [1.54, 1.807) is 6.92 Å². The number of amides is 2. The molecule has 0 heterocycles. The number of carbonyl (C=O) groups excluding carboxylic acids is 2. The van der Waals surface area contributed by atoms with Crippen molar-refractivity contribution in [1.29, 1.82) is 0 Å². The van der Waals surface area contributed by atoms with Gasteiger partial charge in [-0.3, -0.25) is 14.5 Å². The predicted octanol–water partition coefficient (Wildman–Crippen LogP) is 3.62. The van der Waals surface area contributed by atoms with Crippen LogP contribution in [0, 0.1) is 17.3 Å². The Balaban J connectivity index is 1.47. The quantitative estimate of drug-likeness (QED) is 0.687. The molecule has 5 heteroatoms. The maximum absolute atomic E-state index is 13.5. The van der Waals surface area contributed by atoms with E-state index in [1.165, 1.54) is 17.5 Å². The van der Waals surface area contributed by atoms with Gasteiger partial charge in [-0.2, -0.15) is 0 Å². The molecule has 1 aromatic carbocycles. The van der Waals surface area contributed by atoms with Gasteiger partial charge < -0.3 is 10.6 Å². The van der Waals surface area contributed by atoms with Gasteiger partial charge in [0.2, 0.25) is 11.8 Å². The van der Waals surface area contributed by atoms with E-state index in [9.17, 15) is 9.59 Å². The van der Waals surface area contributed by atoms with Crippen molar-refractivity contribution in [3.05, 3.63) is 35.4 Å². The molecule has 5 nitrogen and oxygen atoms in total. The summed E-state index contributed by atoms with van der Waals surface area (Å²) in [5.41, 5.74) is 2.04. The lowest BCUT2D eigenvalue weighted by Crippen LogP contribution is -2.65. The van der Waals surface area contributed by atoms with Crippen molar-refractivity contribution in [2.24, 2.45) is 17.3 Å². The first-order valence-corrected chi connectivity index (χ1v) is 11.7. The van der Waals surface area contributed by atoms with Crippen molar-refractivity contribution < 1.29 is 9.59 Å². The first-order chi connectivity index (χ1) is 14.4. The monoisotopic (exact) mass is 411 g/mol. The molecule has 0 spiro atoms. The van der Waals surface area contributed by atoms with E-state index in [-0.39, 0.29) is 22.8 Å². The fourth-order valence-corrected chi connectivity index (χ4v) is 6.98. The van der Waals surface area contributed by atoms with E-state index in [2.05, 4.69) is 53.6 Å². The summed E-state index contributed by atoms with van der Waals surface area (Å²) < 4.78 is 0. The second-order valence-electron chi connectivity index (χ2n) is 10.1. The highest BCUT2D eigenvalue weighted by molar-refractivity contribution is 5.84. The first-order valence-electron chi connectivity index (χ1n) is 11.7. The molecule has 4 aliphatic rings. The van der Waals surface area contributed by atoms with Gasteiger partial charge in [-0.25, -0.2) is 0 Å². The summed E-state index contributed by atoms with van der Waals surface area (Å²) >= 11 is 0. The zero-order valence-electron chi connectivity index (χ0n) is 18.8. The number of benzene rings is 1. The Labute approximate surface area is 181 Å². The van der Waals surface area contributed by atoms with Gasteiger partial charge in [0.25, 0.3) is 0 Å². The summed E-state index contributed by atoms with van der Waals surface area (Å²) in [6.45, 7) is 9.53. The van der Waals surface area contributed by atoms with Crippen molar-refractivity contribution in [3.63, 3.8) is 0 Å². The minimum Gasteiger partial charge on any atom is -0.352 e. The van der Waals surface area contributed by atoms with E-state index in [0.29, 0.717) is 18.4 Å². The zero-order chi connectivity index (χ0) is 21.4. The summed E-state index contributed by atoms with van der Waals surface area (Å²) in [4.78, 5) is 27.8. The molecule has 4 fully saturated rings. The van der Waals surface area contributed by atoms with Gasteiger partial charge in [0, 0.05) is 25.6 Å². The summed E-state index contributed by atoms with van der Waals surface area (Å²) in [5, 5.41) is 6.57. The van der Waals surface area contributed by atoms with Crippen molar-refractivity contribution in [1.82, 2.24) is 15.5 Å². The first kappa shape index (κ1) is 21.4. The Morgan fingerprint density at radius 2 is 1.67 bits per heavy atom. The fraction of sp³-hybridized carbons (Fsp3) is 0.680. The average Bonchev–Trinajstić information content (AvgIpc) is 2.68. The smallest absolute Gasteiger partial charge is 0.226 e. The minimum absolute atomic E-state index is 0.0397. The van der Waals surface area contributed by atoms with Crippen LogP contribution in [-0.2, 0) is 22.7 Å². The lowest BCUT2D eigenvalue weighted by molar-refractivity contribution is -0.153. The number of nitrogens with zero attached hydrogens (tertiary/aromatic N) is 1. The van der Waals surface area contributed by atoms with Crippen molar-refractivity contribution >= 4 is 11.8 Å². The topological polar surface area (TPSA) is 61.4 Å². The SMILES string of the molecule is CCN(CC)Cc1ccccc1CNC(=O)C12CC3CC(CC(NC(C)=O)(C3)C1)C2. The lowest BCUT2D eigenvalue weighted by atomic mass is 9.46. The molecule has 2 N–H and O–H groups in total. The van der Waals surface area contributed by atoms with E-state index >= 15 is 0 Å². The van der Waals surface area contributed by atoms with Gasteiger partial charge in [0.1, 0.15) is 0 Å². The standard InChI is InChI=1S/C25H37N3O2/c1-4-28(5-2)16-22-9-7-6-8-21(22)15-26-23(30)24-11-19-10-20(12-24)14-25(13-19,17-24)27-18(3)29/h6-9,19-20H,4-5,10-17H2,1-3H3,(H,26,30)(H,27,29). The largest absolute Gasteiger partial charge is 0.352 e. The van der Waals surface area contributed by atoms with Crippen LogP contribution in [0.25, 0.3) is 0 Å². The highest BCUT2D eigenvalue weighted by Crippen LogP contribution is 2.61. The zero-order valence-corrected chi connectivity index (χ0v) is 18.8. The molecular formula is C25H37N3O2. The predicted molar refractivity (Wildman–Crippen MR) is 119 cm³/mol. The molecular weight excluding hydrogens is 374 g/mol. The van der Waals surface area contributed by atoms with Crippen LogP contribution in [0.5, 0.6) is 0 Å². The van der Waals surface area contributed by atoms with Crippen LogP contribution >= 0.6 is 0 Å². The number of nitrogens with one attached hydrogen (secondary N) is 2. The molecule has 4 bridgehead atoms. The van der Waals surface area contributed by atoms with Gasteiger partial charge in [-0.1, -0.05) is 38.1 Å². The molecule has 4 aliphatic carbocycles. The molecule has 1 aromatic rings. The van der Waals surface area contributed by atoms with Gasteiger partial charge in [-0.15, -0.1) is 0 Å². The normalized spacial score (nSPS) is 31.7. The minimum atomic E-state index is -0.305. The number of hydrogen-bond donors (Lipinski definition) is 2. The Morgan fingerprint density at radius 3 is 2.27 bits per heavy atom. The molecule has 0 saturated heterocycles. The van der Waals surface area contributed by atoms with Gasteiger partial charge in [0.15, 0.2) is 0 Å². The second-order valence-corrected chi connectivity index (χ2v) is 10.1. The third kappa shape index (κ3) is 4.14. The molecule has 2 atom stereocenters. The Kier molecular flexibility index (Phi) is 5.93. The van der Waals surface area contributed by atoms with Gasteiger partial charge in [0.05, 0.1) is 5.41 Å². The Hall–Kier alpha value is -1.88. The van der Waals surface area contributed by atoms with Crippen molar-refractivity contribution in [2.45, 2.75) is 77.9 Å². The van der Waals surface area contributed by atoms with E-state index in [1.807, 2.05) is 0 Å². The lowest BCUT2D eigenvalue weighted by Gasteiger charge is -2.61. The molecule has 4 saturated carbocycles. The number of rotatable bonds is 8. The van der Waals surface area contributed by atoms with Gasteiger partial charge >= 0.3 is 0 Å². The fourth-order valence-electron chi connectivity index (χ4n) is 6.98. The van der Waals surface area contributed by atoms with Crippen LogP contribution in [0.2, 0.25) is 0 Å². The maximum atomic E-state index is 13.5. The van der Waals surface area contributed by atoms with Crippen molar-refractivity contribution in [3.8, 4) is 0 Å². The number of carbonyl (C=O) groups is 2. The maximum Gasteiger partial charge on any atom is 0.226 e. The van der Waals surface area contributed by atoms with Crippen LogP contribution in [0.1, 0.15) is 70.4 Å². The summed E-state index contributed by atoms with van der Waals surface area (Å²) in [5.74, 6) is 1.37. The highest BCUT2D eigenvalue weighted by atomic mass is 16.2. The molecule has 30 heavy (non-hydrogen) atoms. The number of hydrogen-bond acceptors (Lipinski definition) is 3. The Bertz CT molecular complexity index is 787.